The van der Waals surface area contributed by atoms with Gasteiger partial charge in [0, 0.05) is 12.8 Å². The van der Waals surface area contributed by atoms with E-state index in [1.807, 2.05) is 25.1 Å². The van der Waals surface area contributed by atoms with Crippen LogP contribution in [0.1, 0.15) is 19.4 Å². The lowest BCUT2D eigenvalue weighted by molar-refractivity contribution is 0.510. The fourth-order valence-corrected chi connectivity index (χ4v) is 2.40. The molecule has 0 aliphatic rings. The van der Waals surface area contributed by atoms with E-state index in [9.17, 15) is 8.42 Å². The zero-order valence-corrected chi connectivity index (χ0v) is 12.5. The van der Waals surface area contributed by atoms with E-state index >= 15 is 0 Å². The summed E-state index contributed by atoms with van der Waals surface area (Å²) in [5.74, 6) is 0.348. The second-order valence-electron chi connectivity index (χ2n) is 5.53. The van der Waals surface area contributed by atoms with Crippen LogP contribution in [-0.2, 0) is 16.4 Å². The molecule has 0 unspecified atom stereocenters. The molecule has 6 heteroatoms. The van der Waals surface area contributed by atoms with Crippen molar-refractivity contribution in [3.05, 3.63) is 23.8 Å². The molecule has 0 amide bonds. The average molecular weight is 281 g/mol. The predicted molar refractivity (Wildman–Crippen MR) is 77.8 cm³/mol. The predicted octanol–water partition coefficient (Wildman–Crippen LogP) is 1.75. The molecule has 2 aromatic rings. The number of nitrogen functional groups attached to an aromatic ring is 1. The Morgan fingerprint density at radius 3 is 2.58 bits per heavy atom. The van der Waals surface area contributed by atoms with E-state index in [4.69, 9.17) is 5.73 Å². The van der Waals surface area contributed by atoms with Gasteiger partial charge in [-0.2, -0.15) is 0 Å². The minimum Gasteiger partial charge on any atom is -0.369 e. The summed E-state index contributed by atoms with van der Waals surface area (Å²) in [5.41, 5.74) is 8.66. The van der Waals surface area contributed by atoms with Crippen molar-refractivity contribution >= 4 is 26.8 Å². The molecule has 0 spiro atoms. The third-order valence-corrected chi connectivity index (χ3v) is 5.68. The van der Waals surface area contributed by atoms with E-state index in [0.29, 0.717) is 12.5 Å². The van der Waals surface area contributed by atoms with Crippen molar-refractivity contribution in [1.82, 2.24) is 9.55 Å². The molecule has 1 aromatic carbocycles. The van der Waals surface area contributed by atoms with Crippen molar-refractivity contribution in [2.45, 2.75) is 32.1 Å². The van der Waals surface area contributed by atoms with Gasteiger partial charge < -0.3 is 10.3 Å². The van der Waals surface area contributed by atoms with Gasteiger partial charge in [-0.3, -0.25) is 0 Å². The Bertz CT molecular complexity index is 730. The lowest BCUT2D eigenvalue weighted by atomic mass is 10.1. The Balaban J connectivity index is 2.61. The number of hydrogen-bond acceptors (Lipinski definition) is 4. The van der Waals surface area contributed by atoms with Crippen LogP contribution in [-0.4, -0.2) is 29.0 Å². The summed E-state index contributed by atoms with van der Waals surface area (Å²) in [6.45, 7) is 5.66. The second kappa shape index (κ2) is 4.23. The van der Waals surface area contributed by atoms with Gasteiger partial charge in [-0.25, -0.2) is 13.4 Å². The lowest BCUT2D eigenvalue weighted by Crippen LogP contribution is -2.36. The van der Waals surface area contributed by atoms with E-state index in [1.165, 1.54) is 6.26 Å². The number of rotatable bonds is 3. The van der Waals surface area contributed by atoms with Crippen molar-refractivity contribution in [1.29, 1.82) is 0 Å². The van der Waals surface area contributed by atoms with Gasteiger partial charge in [0.05, 0.1) is 15.8 Å². The number of anilines is 1. The largest absolute Gasteiger partial charge is 0.369 e. The first-order chi connectivity index (χ1) is 8.63. The van der Waals surface area contributed by atoms with Gasteiger partial charge in [0.1, 0.15) is 0 Å². The van der Waals surface area contributed by atoms with Crippen LogP contribution in [0.3, 0.4) is 0 Å². The molecular weight excluding hydrogens is 262 g/mol. The van der Waals surface area contributed by atoms with Gasteiger partial charge in [-0.05, 0) is 32.4 Å². The first-order valence-electron chi connectivity index (χ1n) is 6.04. The first-order valence-corrected chi connectivity index (χ1v) is 7.93. The maximum atomic E-state index is 11.8. The molecular formula is C13H19N3O2S. The number of sulfone groups is 1. The van der Waals surface area contributed by atoms with Crippen LogP contribution in [0.15, 0.2) is 18.2 Å². The third-order valence-electron chi connectivity index (χ3n) is 3.54. The van der Waals surface area contributed by atoms with E-state index in [-0.39, 0.29) is 0 Å². The van der Waals surface area contributed by atoms with Gasteiger partial charge in [-0.1, -0.05) is 12.1 Å². The van der Waals surface area contributed by atoms with Crippen LogP contribution >= 0.6 is 0 Å². The van der Waals surface area contributed by atoms with Crippen LogP contribution in [0.2, 0.25) is 0 Å². The van der Waals surface area contributed by atoms with Crippen molar-refractivity contribution in [3.8, 4) is 0 Å². The summed E-state index contributed by atoms with van der Waals surface area (Å²) in [7, 11) is -3.18. The fraction of sp³-hybridized carbons (Fsp3) is 0.462. The number of nitrogens with zero attached hydrogens (tertiary/aromatic N) is 2. The molecule has 0 aliphatic heterocycles. The van der Waals surface area contributed by atoms with Crippen molar-refractivity contribution in [3.63, 3.8) is 0 Å². The number of hydrogen-bond donors (Lipinski definition) is 1. The highest BCUT2D eigenvalue weighted by Crippen LogP contribution is 2.26. The van der Waals surface area contributed by atoms with Crippen LogP contribution < -0.4 is 5.73 Å². The van der Waals surface area contributed by atoms with Gasteiger partial charge in [0.15, 0.2) is 9.84 Å². The van der Waals surface area contributed by atoms with Crippen molar-refractivity contribution in [2.24, 2.45) is 0 Å². The van der Waals surface area contributed by atoms with Crippen LogP contribution in [0.25, 0.3) is 11.0 Å². The Morgan fingerprint density at radius 1 is 1.37 bits per heavy atom. The highest BCUT2D eigenvalue weighted by molar-refractivity contribution is 7.92. The number of aryl methyl sites for hydroxylation is 1. The molecule has 0 aliphatic carbocycles. The topological polar surface area (TPSA) is 78.0 Å². The zero-order chi connectivity index (χ0) is 14.4. The standard InChI is InChI=1S/C13H19N3O2S/c1-9-6-5-7-10-11(9)16(12(14)15-10)8-13(2,3)19(4,17)18/h5-7H,8H2,1-4H3,(H2,14,15). The van der Waals surface area contributed by atoms with Crippen LogP contribution in [0.4, 0.5) is 5.95 Å². The third kappa shape index (κ3) is 2.32. The molecule has 0 atom stereocenters. The van der Waals surface area contributed by atoms with Gasteiger partial charge >= 0.3 is 0 Å². The monoisotopic (exact) mass is 281 g/mol. The van der Waals surface area contributed by atoms with E-state index < -0.39 is 14.6 Å². The highest BCUT2D eigenvalue weighted by Gasteiger charge is 2.32. The summed E-state index contributed by atoms with van der Waals surface area (Å²) < 4.78 is 24.6. The fourth-order valence-electron chi connectivity index (χ4n) is 2.04. The van der Waals surface area contributed by atoms with Gasteiger partial charge in [-0.15, -0.1) is 0 Å². The Morgan fingerprint density at radius 2 is 2.00 bits per heavy atom. The van der Waals surface area contributed by atoms with E-state index in [1.54, 1.807) is 18.4 Å². The minimum absolute atomic E-state index is 0.291. The number of para-hydroxylation sites is 1. The van der Waals surface area contributed by atoms with Crippen LogP contribution in [0.5, 0.6) is 0 Å². The summed E-state index contributed by atoms with van der Waals surface area (Å²) in [6, 6.07) is 5.76. The number of aromatic nitrogens is 2. The average Bonchev–Trinajstić information content (AvgIpc) is 2.54. The van der Waals surface area contributed by atoms with E-state index in [0.717, 1.165) is 16.6 Å². The van der Waals surface area contributed by atoms with E-state index in [2.05, 4.69) is 4.98 Å². The molecule has 104 valence electrons. The Kier molecular flexibility index (Phi) is 3.09. The minimum atomic E-state index is -3.18. The molecule has 0 saturated carbocycles. The smallest absolute Gasteiger partial charge is 0.201 e. The summed E-state index contributed by atoms with van der Waals surface area (Å²) >= 11 is 0. The molecule has 2 rings (SSSR count). The zero-order valence-electron chi connectivity index (χ0n) is 11.6. The van der Waals surface area contributed by atoms with Gasteiger partial charge in [0.2, 0.25) is 5.95 Å². The Hall–Kier alpha value is -1.56. The Labute approximate surface area is 113 Å². The normalized spacial score (nSPS) is 13.1. The summed E-state index contributed by atoms with van der Waals surface area (Å²) in [4.78, 5) is 4.29. The SMILES string of the molecule is Cc1cccc2nc(N)n(CC(C)(C)S(C)(=O)=O)c12. The molecule has 5 nitrogen and oxygen atoms in total. The summed E-state index contributed by atoms with van der Waals surface area (Å²) in [6.07, 6.45) is 1.25. The maximum absolute atomic E-state index is 11.8. The molecule has 2 N–H and O–H groups in total. The molecule has 0 saturated heterocycles. The van der Waals surface area contributed by atoms with Crippen molar-refractivity contribution < 1.29 is 8.42 Å². The molecule has 1 heterocycles. The molecule has 0 bridgehead atoms. The maximum Gasteiger partial charge on any atom is 0.201 e. The quantitative estimate of drug-likeness (QED) is 0.929. The number of imidazole rings is 1. The number of nitrogens with two attached hydrogens (primary N) is 1. The van der Waals surface area contributed by atoms with Gasteiger partial charge in [0.25, 0.3) is 0 Å². The second-order valence-corrected chi connectivity index (χ2v) is 8.18. The highest BCUT2D eigenvalue weighted by atomic mass is 32.2. The molecule has 0 fully saturated rings. The molecule has 19 heavy (non-hydrogen) atoms. The number of benzene rings is 1. The molecule has 1 aromatic heterocycles. The first kappa shape index (κ1) is 13.9. The summed E-state index contributed by atoms with van der Waals surface area (Å²) in [5, 5.41) is 0. The molecule has 0 radical (unpaired) electrons. The number of fused-ring (bicyclic) bond motifs is 1. The lowest BCUT2D eigenvalue weighted by Gasteiger charge is -2.24. The van der Waals surface area contributed by atoms with Crippen molar-refractivity contribution in [2.75, 3.05) is 12.0 Å². The van der Waals surface area contributed by atoms with Crippen LogP contribution in [0, 0.1) is 6.92 Å².